The fourth-order valence-electron chi connectivity index (χ4n) is 2.11. The molecular weight excluding hydrogens is 285 g/mol. The van der Waals surface area contributed by atoms with E-state index in [1.165, 1.54) is 6.07 Å². The molecule has 1 saturated heterocycles. The quantitative estimate of drug-likeness (QED) is 0.516. The minimum absolute atomic E-state index is 0.0837. The molecule has 5 nitrogen and oxygen atoms in total. The van der Waals surface area contributed by atoms with Gasteiger partial charge in [-0.3, -0.25) is 10.1 Å². The van der Waals surface area contributed by atoms with Crippen molar-refractivity contribution in [1.29, 1.82) is 0 Å². The summed E-state index contributed by atoms with van der Waals surface area (Å²) in [6, 6.07) is 3.57. The van der Waals surface area contributed by atoms with E-state index in [0.717, 1.165) is 25.0 Å². The first-order valence-corrected chi connectivity index (χ1v) is 6.95. The Hall–Kier alpha value is -1.34. The number of halogens is 1. The number of nitro benzene ring substituents is 1. The van der Waals surface area contributed by atoms with Crippen LogP contribution in [0.1, 0.15) is 12.8 Å². The van der Waals surface area contributed by atoms with Crippen LogP contribution in [0.3, 0.4) is 0 Å². The highest BCUT2D eigenvalue weighted by Crippen LogP contribution is 2.33. The number of nitro groups is 1. The Morgan fingerprint density at radius 1 is 1.45 bits per heavy atom. The van der Waals surface area contributed by atoms with Gasteiger partial charge < -0.3 is 9.47 Å². The maximum atomic E-state index is 13.5. The van der Waals surface area contributed by atoms with Gasteiger partial charge in [-0.15, -0.1) is 0 Å². The van der Waals surface area contributed by atoms with Gasteiger partial charge in [0, 0.05) is 30.8 Å². The molecule has 0 aromatic heterocycles. The summed E-state index contributed by atoms with van der Waals surface area (Å²) in [5.41, 5.74) is -0.632. The van der Waals surface area contributed by atoms with Crippen LogP contribution in [0.2, 0.25) is 0 Å². The molecule has 1 heterocycles. The average molecular weight is 301 g/mol. The standard InChI is InChI=1S/C13H16FNO4S/c14-11-7-10(1-2-12(11)15(16)17)19-8-13(9-20)3-5-18-6-4-13/h1-2,7,20H,3-6,8-9H2. The summed E-state index contributed by atoms with van der Waals surface area (Å²) in [6.07, 6.45) is 1.68. The van der Waals surface area contributed by atoms with Crippen molar-refractivity contribution in [3.63, 3.8) is 0 Å². The smallest absolute Gasteiger partial charge is 0.305 e. The molecule has 1 aromatic rings. The van der Waals surface area contributed by atoms with Crippen LogP contribution in [0.4, 0.5) is 10.1 Å². The Labute approximate surface area is 121 Å². The van der Waals surface area contributed by atoms with Crippen LogP contribution in [0.5, 0.6) is 5.75 Å². The molecule has 0 saturated carbocycles. The molecule has 0 spiro atoms. The molecule has 1 aliphatic heterocycles. The molecule has 1 aromatic carbocycles. The fourth-order valence-corrected chi connectivity index (χ4v) is 2.52. The van der Waals surface area contributed by atoms with Crippen molar-refractivity contribution in [3.05, 3.63) is 34.1 Å². The van der Waals surface area contributed by atoms with Crippen LogP contribution in [0.25, 0.3) is 0 Å². The van der Waals surface area contributed by atoms with Gasteiger partial charge in [-0.1, -0.05) is 0 Å². The van der Waals surface area contributed by atoms with Crippen LogP contribution in [-0.2, 0) is 4.74 Å². The molecular formula is C13H16FNO4S. The molecule has 7 heteroatoms. The van der Waals surface area contributed by atoms with Crippen molar-refractivity contribution >= 4 is 18.3 Å². The largest absolute Gasteiger partial charge is 0.493 e. The van der Waals surface area contributed by atoms with Crippen molar-refractivity contribution in [3.8, 4) is 5.75 Å². The zero-order valence-corrected chi connectivity index (χ0v) is 11.8. The maximum absolute atomic E-state index is 13.5. The molecule has 0 amide bonds. The van der Waals surface area contributed by atoms with E-state index in [1.807, 2.05) is 0 Å². The van der Waals surface area contributed by atoms with E-state index >= 15 is 0 Å². The number of nitrogens with zero attached hydrogens (tertiary/aromatic N) is 1. The lowest BCUT2D eigenvalue weighted by atomic mass is 9.83. The summed E-state index contributed by atoms with van der Waals surface area (Å²) in [4.78, 5) is 9.78. The molecule has 1 aliphatic rings. The molecule has 20 heavy (non-hydrogen) atoms. The van der Waals surface area contributed by atoms with E-state index in [0.29, 0.717) is 31.3 Å². The second-order valence-corrected chi connectivity index (χ2v) is 5.25. The van der Waals surface area contributed by atoms with Gasteiger partial charge in [0.05, 0.1) is 11.5 Å². The SMILES string of the molecule is O=[N+]([O-])c1ccc(OCC2(CS)CCOCC2)cc1F. The van der Waals surface area contributed by atoms with Crippen LogP contribution < -0.4 is 4.74 Å². The Balaban J connectivity index is 2.03. The average Bonchev–Trinajstić information content (AvgIpc) is 2.46. The molecule has 110 valence electrons. The van der Waals surface area contributed by atoms with E-state index in [9.17, 15) is 14.5 Å². The highest BCUT2D eigenvalue weighted by Gasteiger charge is 2.32. The highest BCUT2D eigenvalue weighted by atomic mass is 32.1. The van der Waals surface area contributed by atoms with Gasteiger partial charge in [0.25, 0.3) is 0 Å². The predicted molar refractivity (Wildman–Crippen MR) is 74.9 cm³/mol. The second kappa shape index (κ2) is 6.41. The first-order valence-electron chi connectivity index (χ1n) is 6.32. The molecule has 0 aliphatic carbocycles. The first kappa shape index (κ1) is 15.1. The summed E-state index contributed by atoms with van der Waals surface area (Å²) in [5.74, 6) is 0.0615. The lowest BCUT2D eigenvalue weighted by molar-refractivity contribution is -0.387. The first-order chi connectivity index (χ1) is 9.56. The van der Waals surface area contributed by atoms with Crippen molar-refractivity contribution in [2.75, 3.05) is 25.6 Å². The molecule has 0 atom stereocenters. The molecule has 1 fully saturated rings. The lowest BCUT2D eigenvalue weighted by Crippen LogP contribution is -2.36. The Morgan fingerprint density at radius 2 is 2.15 bits per heavy atom. The summed E-state index contributed by atoms with van der Waals surface area (Å²) in [5, 5.41) is 10.5. The van der Waals surface area contributed by atoms with Crippen molar-refractivity contribution in [1.82, 2.24) is 0 Å². The summed E-state index contributed by atoms with van der Waals surface area (Å²) in [7, 11) is 0. The van der Waals surface area contributed by atoms with E-state index < -0.39 is 16.4 Å². The van der Waals surface area contributed by atoms with E-state index in [1.54, 1.807) is 0 Å². The molecule has 0 unspecified atom stereocenters. The van der Waals surface area contributed by atoms with Gasteiger partial charge in [0.1, 0.15) is 5.75 Å². The Kier molecular flexibility index (Phi) is 4.82. The van der Waals surface area contributed by atoms with Crippen molar-refractivity contribution in [2.45, 2.75) is 12.8 Å². The number of thiol groups is 1. The van der Waals surface area contributed by atoms with E-state index in [-0.39, 0.29) is 5.41 Å². The van der Waals surface area contributed by atoms with Gasteiger partial charge in [-0.05, 0) is 24.7 Å². The Morgan fingerprint density at radius 3 is 2.70 bits per heavy atom. The molecule has 2 rings (SSSR count). The zero-order chi connectivity index (χ0) is 14.6. The highest BCUT2D eigenvalue weighted by molar-refractivity contribution is 7.80. The maximum Gasteiger partial charge on any atom is 0.305 e. The van der Waals surface area contributed by atoms with Gasteiger partial charge in [-0.2, -0.15) is 17.0 Å². The van der Waals surface area contributed by atoms with Crippen LogP contribution >= 0.6 is 12.6 Å². The molecule has 0 bridgehead atoms. The molecule has 0 N–H and O–H groups in total. The minimum atomic E-state index is -0.889. The zero-order valence-electron chi connectivity index (χ0n) is 10.9. The van der Waals surface area contributed by atoms with Gasteiger partial charge in [0.15, 0.2) is 0 Å². The van der Waals surface area contributed by atoms with Gasteiger partial charge in [0.2, 0.25) is 5.82 Å². The normalized spacial score (nSPS) is 17.7. The van der Waals surface area contributed by atoms with Crippen LogP contribution in [0.15, 0.2) is 18.2 Å². The summed E-state index contributed by atoms with van der Waals surface area (Å²) >= 11 is 4.36. The second-order valence-electron chi connectivity index (χ2n) is 4.93. The fraction of sp³-hybridized carbons (Fsp3) is 0.538. The third kappa shape index (κ3) is 3.40. The minimum Gasteiger partial charge on any atom is -0.493 e. The number of benzene rings is 1. The third-order valence-corrected chi connectivity index (χ3v) is 4.22. The van der Waals surface area contributed by atoms with Crippen molar-refractivity contribution < 1.29 is 18.8 Å². The number of rotatable bonds is 5. The van der Waals surface area contributed by atoms with Crippen molar-refractivity contribution in [2.24, 2.45) is 5.41 Å². The Bertz CT molecular complexity index is 491. The predicted octanol–water partition coefficient (Wildman–Crippen LogP) is 2.84. The molecule has 0 radical (unpaired) electrons. The monoisotopic (exact) mass is 301 g/mol. The summed E-state index contributed by atoms with van der Waals surface area (Å²) in [6.45, 7) is 1.73. The van der Waals surface area contributed by atoms with Crippen LogP contribution in [-0.4, -0.2) is 30.5 Å². The van der Waals surface area contributed by atoms with E-state index in [4.69, 9.17) is 9.47 Å². The van der Waals surface area contributed by atoms with Crippen LogP contribution in [0, 0.1) is 21.3 Å². The summed E-state index contributed by atoms with van der Waals surface area (Å²) < 4.78 is 24.4. The van der Waals surface area contributed by atoms with E-state index in [2.05, 4.69) is 12.6 Å². The van der Waals surface area contributed by atoms with Gasteiger partial charge in [-0.25, -0.2) is 0 Å². The number of hydrogen-bond donors (Lipinski definition) is 1. The van der Waals surface area contributed by atoms with Gasteiger partial charge >= 0.3 is 5.69 Å². The topological polar surface area (TPSA) is 61.6 Å². The lowest BCUT2D eigenvalue weighted by Gasteiger charge is -2.35. The third-order valence-electron chi connectivity index (χ3n) is 3.55. The number of hydrogen-bond acceptors (Lipinski definition) is 5. The number of ether oxygens (including phenoxy) is 2.